The summed E-state index contributed by atoms with van der Waals surface area (Å²) in [5.41, 5.74) is 0. The Labute approximate surface area is 77.1 Å². The summed E-state index contributed by atoms with van der Waals surface area (Å²) >= 11 is 0. The van der Waals surface area contributed by atoms with Gasteiger partial charge in [0.1, 0.15) is 0 Å². The van der Waals surface area contributed by atoms with Crippen molar-refractivity contribution >= 4 is 0 Å². The Morgan fingerprint density at radius 1 is 1.25 bits per heavy atom. The highest BCUT2D eigenvalue weighted by atomic mass is 15.1. The molecule has 12 heavy (non-hydrogen) atoms. The normalized spacial score (nSPS) is 32.2. The Kier molecular flexibility index (Phi) is 4.07. The smallest absolute Gasteiger partial charge is 0.00898 e. The van der Waals surface area contributed by atoms with E-state index < -0.39 is 0 Å². The van der Waals surface area contributed by atoms with E-state index in [9.17, 15) is 0 Å². The van der Waals surface area contributed by atoms with Gasteiger partial charge in [-0.25, -0.2) is 0 Å². The summed E-state index contributed by atoms with van der Waals surface area (Å²) in [6.45, 7) is 5.94. The van der Waals surface area contributed by atoms with E-state index in [1.807, 2.05) is 0 Å². The van der Waals surface area contributed by atoms with E-state index in [0.717, 1.165) is 12.0 Å². The summed E-state index contributed by atoms with van der Waals surface area (Å²) < 4.78 is 0. The molecule has 0 bridgehead atoms. The van der Waals surface area contributed by atoms with Crippen LogP contribution in [0, 0.1) is 5.92 Å². The minimum absolute atomic E-state index is 0.873. The Hall–Kier alpha value is -0.0400. The number of hydrogen-bond donors (Lipinski definition) is 0. The quantitative estimate of drug-likeness (QED) is 0.628. The van der Waals surface area contributed by atoms with Gasteiger partial charge in [-0.1, -0.05) is 20.3 Å². The molecule has 1 aliphatic heterocycles. The Bertz CT molecular complexity index is 122. The van der Waals surface area contributed by atoms with Crippen LogP contribution in [0.3, 0.4) is 0 Å². The maximum Gasteiger partial charge on any atom is 0.00898 e. The van der Waals surface area contributed by atoms with Crippen molar-refractivity contribution in [3.8, 4) is 0 Å². The van der Waals surface area contributed by atoms with Crippen molar-refractivity contribution in [1.29, 1.82) is 0 Å². The lowest BCUT2D eigenvalue weighted by atomic mass is 9.89. The maximum atomic E-state index is 2.56. The minimum Gasteiger partial charge on any atom is -0.303 e. The van der Waals surface area contributed by atoms with Crippen LogP contribution in [0.15, 0.2) is 0 Å². The molecule has 0 aliphatic carbocycles. The van der Waals surface area contributed by atoms with E-state index in [2.05, 4.69) is 25.8 Å². The first-order valence-electron chi connectivity index (χ1n) is 5.48. The van der Waals surface area contributed by atoms with Crippen LogP contribution in [0.25, 0.3) is 0 Å². The standard InChI is InChI=1S/C11H23N/c1-4-6-10-7-8-11(5-2)12(3)9-10/h10-11H,4-9H2,1-3H3. The monoisotopic (exact) mass is 169 g/mol. The van der Waals surface area contributed by atoms with Gasteiger partial charge in [-0.05, 0) is 38.6 Å². The third-order valence-corrected chi connectivity index (χ3v) is 3.25. The van der Waals surface area contributed by atoms with Crippen molar-refractivity contribution < 1.29 is 0 Å². The van der Waals surface area contributed by atoms with E-state index >= 15 is 0 Å². The van der Waals surface area contributed by atoms with E-state index in [4.69, 9.17) is 0 Å². The number of nitrogens with zero attached hydrogens (tertiary/aromatic N) is 1. The van der Waals surface area contributed by atoms with Crippen LogP contribution in [-0.2, 0) is 0 Å². The zero-order chi connectivity index (χ0) is 8.97. The van der Waals surface area contributed by atoms with Gasteiger partial charge in [-0.2, -0.15) is 0 Å². The van der Waals surface area contributed by atoms with Crippen LogP contribution in [0.2, 0.25) is 0 Å². The zero-order valence-electron chi connectivity index (χ0n) is 8.84. The lowest BCUT2D eigenvalue weighted by Gasteiger charge is -2.36. The van der Waals surface area contributed by atoms with Gasteiger partial charge in [-0.3, -0.25) is 0 Å². The van der Waals surface area contributed by atoms with Crippen LogP contribution in [-0.4, -0.2) is 24.5 Å². The molecule has 0 aromatic heterocycles. The van der Waals surface area contributed by atoms with Gasteiger partial charge in [0, 0.05) is 12.6 Å². The Morgan fingerprint density at radius 2 is 2.00 bits per heavy atom. The molecule has 1 nitrogen and oxygen atoms in total. The summed E-state index contributed by atoms with van der Waals surface area (Å²) in [6, 6.07) is 0.873. The third kappa shape index (κ3) is 2.48. The lowest BCUT2D eigenvalue weighted by Crippen LogP contribution is -2.40. The van der Waals surface area contributed by atoms with E-state index in [0.29, 0.717) is 0 Å². The summed E-state index contributed by atoms with van der Waals surface area (Å²) in [6.07, 6.45) is 7.01. The first-order valence-corrected chi connectivity index (χ1v) is 5.48. The molecule has 1 heteroatoms. The second kappa shape index (κ2) is 4.86. The minimum atomic E-state index is 0.873. The number of rotatable bonds is 3. The average molecular weight is 169 g/mol. The molecule has 2 unspecified atom stereocenters. The molecule has 0 saturated carbocycles. The summed E-state index contributed by atoms with van der Waals surface area (Å²) in [5.74, 6) is 0.989. The van der Waals surface area contributed by atoms with Crippen molar-refractivity contribution in [3.63, 3.8) is 0 Å². The molecule has 1 rings (SSSR count). The second-order valence-electron chi connectivity index (χ2n) is 4.23. The van der Waals surface area contributed by atoms with Crippen molar-refractivity contribution in [3.05, 3.63) is 0 Å². The molecular weight excluding hydrogens is 146 g/mol. The van der Waals surface area contributed by atoms with E-state index in [1.165, 1.54) is 38.6 Å². The first kappa shape index (κ1) is 10.0. The highest BCUT2D eigenvalue weighted by Gasteiger charge is 2.23. The molecule has 0 amide bonds. The SMILES string of the molecule is CCCC1CCC(CC)N(C)C1. The van der Waals surface area contributed by atoms with Gasteiger partial charge < -0.3 is 4.90 Å². The molecule has 0 radical (unpaired) electrons. The van der Waals surface area contributed by atoms with Gasteiger partial charge in [0.05, 0.1) is 0 Å². The predicted molar refractivity (Wildman–Crippen MR) is 54.3 cm³/mol. The maximum absolute atomic E-state index is 2.56. The largest absolute Gasteiger partial charge is 0.303 e. The zero-order valence-corrected chi connectivity index (χ0v) is 8.84. The molecule has 1 aliphatic rings. The average Bonchev–Trinajstić information content (AvgIpc) is 2.05. The van der Waals surface area contributed by atoms with Crippen molar-refractivity contribution in [1.82, 2.24) is 4.90 Å². The molecule has 72 valence electrons. The van der Waals surface area contributed by atoms with E-state index in [1.54, 1.807) is 0 Å². The first-order chi connectivity index (χ1) is 5.77. The molecule has 2 atom stereocenters. The van der Waals surface area contributed by atoms with Gasteiger partial charge in [0.25, 0.3) is 0 Å². The number of piperidine rings is 1. The highest BCUT2D eigenvalue weighted by molar-refractivity contribution is 4.78. The molecule has 0 aromatic rings. The molecule has 0 aromatic carbocycles. The fraction of sp³-hybridized carbons (Fsp3) is 1.00. The number of likely N-dealkylation sites (tertiary alicyclic amines) is 1. The Balaban J connectivity index is 2.30. The summed E-state index contributed by atoms with van der Waals surface area (Å²) in [5, 5.41) is 0. The molecule has 1 saturated heterocycles. The van der Waals surface area contributed by atoms with Crippen LogP contribution in [0.1, 0.15) is 46.0 Å². The molecular formula is C11H23N. The summed E-state index contributed by atoms with van der Waals surface area (Å²) in [4.78, 5) is 2.56. The predicted octanol–water partition coefficient (Wildman–Crippen LogP) is 2.91. The summed E-state index contributed by atoms with van der Waals surface area (Å²) in [7, 11) is 2.29. The Morgan fingerprint density at radius 3 is 2.50 bits per heavy atom. The van der Waals surface area contributed by atoms with Crippen molar-refractivity contribution in [2.24, 2.45) is 5.92 Å². The molecule has 1 heterocycles. The van der Waals surface area contributed by atoms with Crippen molar-refractivity contribution in [2.45, 2.75) is 52.0 Å². The van der Waals surface area contributed by atoms with Crippen LogP contribution >= 0.6 is 0 Å². The van der Waals surface area contributed by atoms with Gasteiger partial charge in [0.15, 0.2) is 0 Å². The van der Waals surface area contributed by atoms with E-state index in [-0.39, 0.29) is 0 Å². The molecule has 0 spiro atoms. The van der Waals surface area contributed by atoms with Crippen LogP contribution < -0.4 is 0 Å². The number of hydrogen-bond acceptors (Lipinski definition) is 1. The van der Waals surface area contributed by atoms with Crippen LogP contribution in [0.5, 0.6) is 0 Å². The molecule has 0 N–H and O–H groups in total. The third-order valence-electron chi connectivity index (χ3n) is 3.25. The van der Waals surface area contributed by atoms with Gasteiger partial charge in [-0.15, -0.1) is 0 Å². The van der Waals surface area contributed by atoms with Crippen LogP contribution in [0.4, 0.5) is 0 Å². The van der Waals surface area contributed by atoms with Crippen molar-refractivity contribution in [2.75, 3.05) is 13.6 Å². The second-order valence-corrected chi connectivity index (χ2v) is 4.23. The topological polar surface area (TPSA) is 3.24 Å². The lowest BCUT2D eigenvalue weighted by molar-refractivity contribution is 0.129. The fourth-order valence-electron chi connectivity index (χ4n) is 2.46. The van der Waals surface area contributed by atoms with Gasteiger partial charge in [0.2, 0.25) is 0 Å². The molecule has 1 fully saturated rings. The van der Waals surface area contributed by atoms with Gasteiger partial charge >= 0.3 is 0 Å². The highest BCUT2D eigenvalue weighted by Crippen LogP contribution is 2.25. The fourth-order valence-corrected chi connectivity index (χ4v) is 2.46.